The Morgan fingerprint density at radius 2 is 1.77 bits per heavy atom. The van der Waals surface area contributed by atoms with E-state index in [-0.39, 0.29) is 0 Å². The Kier molecular flexibility index (Phi) is 4.46. The Balaban J connectivity index is 1.50. The molecule has 3 aliphatic carbocycles. The molecule has 1 heterocycles. The molecule has 0 aromatic rings. The Bertz CT molecular complexity index is 635. The quantitative estimate of drug-likeness (QED) is 0.716. The SMILES string of the molecule is C=C(C)C1[C@@H]2[C@H](CN1C(=C)C(NC)C1CC3C=CCC=CC3C1)C2(C)C. The Hall–Kier alpha value is -1.28. The Morgan fingerprint density at radius 3 is 2.31 bits per heavy atom. The zero-order chi connectivity index (χ0) is 18.6. The molecule has 1 aliphatic heterocycles. The fourth-order valence-electron chi connectivity index (χ4n) is 6.45. The average Bonchev–Trinajstić information content (AvgIpc) is 2.92. The summed E-state index contributed by atoms with van der Waals surface area (Å²) in [7, 11) is 2.12. The molecule has 4 unspecified atom stereocenters. The van der Waals surface area contributed by atoms with Gasteiger partial charge in [-0.2, -0.15) is 0 Å². The summed E-state index contributed by atoms with van der Waals surface area (Å²) in [6, 6.07) is 0.858. The third-order valence-corrected chi connectivity index (χ3v) is 7.96. The minimum atomic E-state index is 0.381. The largest absolute Gasteiger partial charge is 0.367 e. The van der Waals surface area contributed by atoms with Crippen LogP contribution in [-0.2, 0) is 0 Å². The summed E-state index contributed by atoms with van der Waals surface area (Å²) in [6.45, 7) is 17.2. The van der Waals surface area contributed by atoms with E-state index in [0.29, 0.717) is 35.3 Å². The lowest BCUT2D eigenvalue weighted by molar-refractivity contribution is 0.221. The van der Waals surface area contributed by atoms with Crippen LogP contribution in [0.2, 0.25) is 0 Å². The van der Waals surface area contributed by atoms with Crippen molar-refractivity contribution in [3.05, 3.63) is 48.7 Å². The number of nitrogens with one attached hydrogen (secondary N) is 1. The molecular weight excluding hydrogens is 316 g/mol. The van der Waals surface area contributed by atoms with Crippen LogP contribution in [0.5, 0.6) is 0 Å². The number of piperidine rings is 1. The zero-order valence-electron chi connectivity index (χ0n) is 17.0. The lowest BCUT2D eigenvalue weighted by atomic mass is 9.91. The normalized spacial score (nSPS) is 40.7. The molecule has 1 saturated heterocycles. The van der Waals surface area contributed by atoms with Crippen LogP contribution in [0.4, 0.5) is 0 Å². The molecule has 1 N–H and O–H groups in total. The van der Waals surface area contributed by atoms with Gasteiger partial charge in [0.2, 0.25) is 0 Å². The number of hydrogen-bond acceptors (Lipinski definition) is 2. The van der Waals surface area contributed by atoms with Gasteiger partial charge in [0.15, 0.2) is 0 Å². The van der Waals surface area contributed by atoms with Gasteiger partial charge in [-0.3, -0.25) is 0 Å². The summed E-state index contributed by atoms with van der Waals surface area (Å²) < 4.78 is 0. The molecule has 4 rings (SSSR count). The first-order valence-corrected chi connectivity index (χ1v) is 10.5. The first kappa shape index (κ1) is 18.1. The van der Waals surface area contributed by atoms with Gasteiger partial charge in [0.1, 0.15) is 0 Å². The molecule has 0 spiro atoms. The zero-order valence-corrected chi connectivity index (χ0v) is 17.0. The van der Waals surface area contributed by atoms with Crippen molar-refractivity contribution in [3.63, 3.8) is 0 Å². The van der Waals surface area contributed by atoms with Gasteiger partial charge in [0, 0.05) is 18.3 Å². The molecule has 142 valence electrons. The van der Waals surface area contributed by atoms with E-state index in [1.54, 1.807) is 0 Å². The minimum absolute atomic E-state index is 0.381. The van der Waals surface area contributed by atoms with Crippen LogP contribution in [0.1, 0.15) is 40.0 Å². The van der Waals surface area contributed by atoms with Crippen molar-refractivity contribution in [2.45, 2.75) is 52.1 Å². The number of rotatable bonds is 5. The maximum absolute atomic E-state index is 4.61. The second-order valence-corrected chi connectivity index (χ2v) is 9.81. The number of likely N-dealkylation sites (tertiary alicyclic amines) is 1. The predicted molar refractivity (Wildman–Crippen MR) is 111 cm³/mol. The minimum Gasteiger partial charge on any atom is -0.367 e. The van der Waals surface area contributed by atoms with Gasteiger partial charge in [-0.15, -0.1) is 0 Å². The molecule has 2 saturated carbocycles. The third kappa shape index (κ3) is 2.72. The van der Waals surface area contributed by atoms with Crippen LogP contribution in [0, 0.1) is 35.0 Å². The van der Waals surface area contributed by atoms with E-state index in [2.05, 4.69) is 75.5 Å². The molecule has 4 aliphatic rings. The highest BCUT2D eigenvalue weighted by atomic mass is 15.3. The van der Waals surface area contributed by atoms with E-state index in [0.717, 1.165) is 24.8 Å². The topological polar surface area (TPSA) is 15.3 Å². The van der Waals surface area contributed by atoms with Gasteiger partial charge < -0.3 is 10.2 Å². The number of likely N-dealkylation sites (N-methyl/N-ethyl adjacent to an activating group) is 1. The van der Waals surface area contributed by atoms with E-state index < -0.39 is 0 Å². The fourth-order valence-corrected chi connectivity index (χ4v) is 6.45. The molecule has 0 bridgehead atoms. The molecule has 26 heavy (non-hydrogen) atoms. The van der Waals surface area contributed by atoms with Gasteiger partial charge in [-0.1, -0.05) is 56.9 Å². The van der Waals surface area contributed by atoms with Crippen molar-refractivity contribution in [3.8, 4) is 0 Å². The summed E-state index contributed by atoms with van der Waals surface area (Å²) in [5, 5.41) is 3.64. The first-order valence-electron chi connectivity index (χ1n) is 10.5. The van der Waals surface area contributed by atoms with Crippen molar-refractivity contribution in [1.82, 2.24) is 10.2 Å². The summed E-state index contributed by atoms with van der Waals surface area (Å²) in [6.07, 6.45) is 13.3. The van der Waals surface area contributed by atoms with Crippen LogP contribution in [0.25, 0.3) is 0 Å². The fraction of sp³-hybridized carbons (Fsp3) is 0.667. The van der Waals surface area contributed by atoms with Gasteiger partial charge in [0.25, 0.3) is 0 Å². The van der Waals surface area contributed by atoms with Crippen molar-refractivity contribution in [1.29, 1.82) is 0 Å². The molecule has 3 fully saturated rings. The highest BCUT2D eigenvalue weighted by molar-refractivity contribution is 5.29. The number of nitrogens with zero attached hydrogens (tertiary/aromatic N) is 1. The summed E-state index contributed by atoms with van der Waals surface area (Å²) in [5.74, 6) is 3.66. The number of allylic oxidation sites excluding steroid dienone is 4. The van der Waals surface area contributed by atoms with E-state index in [9.17, 15) is 0 Å². The molecule has 0 amide bonds. The second-order valence-electron chi connectivity index (χ2n) is 9.81. The van der Waals surface area contributed by atoms with Crippen molar-refractivity contribution < 1.29 is 0 Å². The van der Waals surface area contributed by atoms with Crippen LogP contribution in [0.3, 0.4) is 0 Å². The average molecular weight is 353 g/mol. The summed E-state index contributed by atoms with van der Waals surface area (Å²) in [5.41, 5.74) is 3.09. The molecule has 6 atom stereocenters. The smallest absolute Gasteiger partial charge is 0.0531 e. The van der Waals surface area contributed by atoms with Crippen LogP contribution in [0.15, 0.2) is 48.7 Å². The predicted octanol–water partition coefficient (Wildman–Crippen LogP) is 4.78. The van der Waals surface area contributed by atoms with Crippen LogP contribution in [-0.4, -0.2) is 30.6 Å². The Labute approximate surface area is 160 Å². The maximum Gasteiger partial charge on any atom is 0.0531 e. The number of hydrogen-bond donors (Lipinski definition) is 1. The van der Waals surface area contributed by atoms with E-state index in [1.807, 2.05) is 0 Å². The van der Waals surface area contributed by atoms with Crippen molar-refractivity contribution in [2.24, 2.45) is 35.0 Å². The highest BCUT2D eigenvalue weighted by Crippen LogP contribution is 2.66. The Morgan fingerprint density at radius 1 is 1.15 bits per heavy atom. The lowest BCUT2D eigenvalue weighted by Gasteiger charge is -2.39. The molecule has 0 radical (unpaired) electrons. The second kappa shape index (κ2) is 6.41. The first-order chi connectivity index (χ1) is 12.4. The molecule has 2 nitrogen and oxygen atoms in total. The van der Waals surface area contributed by atoms with E-state index >= 15 is 0 Å². The molecular formula is C24H36N2. The summed E-state index contributed by atoms with van der Waals surface area (Å²) in [4.78, 5) is 2.60. The third-order valence-electron chi connectivity index (χ3n) is 7.96. The standard InChI is InChI=1S/C24H36N2/c1-15(2)23-21-20(24(21,4)5)14-26(23)16(3)22(25-6)19-12-17-10-8-7-9-11-18(17)13-19/h8-11,17-23,25H,1,3,7,12-14H2,2,4-6H3/t17?,18?,19?,20-,21-,22?,23?/m0/s1. The monoisotopic (exact) mass is 352 g/mol. The number of fused-ring (bicyclic) bond motifs is 2. The molecule has 2 heteroatoms. The highest BCUT2D eigenvalue weighted by Gasteiger charge is 2.67. The molecule has 0 aromatic heterocycles. The van der Waals surface area contributed by atoms with Crippen LogP contribution >= 0.6 is 0 Å². The lowest BCUT2D eigenvalue weighted by Crippen LogP contribution is -2.45. The van der Waals surface area contributed by atoms with Gasteiger partial charge in [0.05, 0.1) is 6.04 Å². The van der Waals surface area contributed by atoms with E-state index in [1.165, 1.54) is 24.1 Å². The van der Waals surface area contributed by atoms with Gasteiger partial charge >= 0.3 is 0 Å². The van der Waals surface area contributed by atoms with Crippen LogP contribution < -0.4 is 5.32 Å². The van der Waals surface area contributed by atoms with Gasteiger partial charge in [-0.25, -0.2) is 0 Å². The van der Waals surface area contributed by atoms with Gasteiger partial charge in [-0.05, 0) is 68.2 Å². The maximum atomic E-state index is 4.61. The summed E-state index contributed by atoms with van der Waals surface area (Å²) >= 11 is 0. The molecule has 0 aromatic carbocycles. The van der Waals surface area contributed by atoms with Crippen molar-refractivity contribution >= 4 is 0 Å². The van der Waals surface area contributed by atoms with E-state index in [4.69, 9.17) is 0 Å². The van der Waals surface area contributed by atoms with Crippen molar-refractivity contribution in [2.75, 3.05) is 13.6 Å².